The van der Waals surface area contributed by atoms with Gasteiger partial charge in [-0.25, -0.2) is 27.4 Å². The van der Waals surface area contributed by atoms with Crippen LogP contribution in [0.25, 0.3) is 0 Å². The van der Waals surface area contributed by atoms with Crippen molar-refractivity contribution in [2.75, 3.05) is 32.0 Å². The number of urea groups is 1. The number of rotatable bonds is 5. The van der Waals surface area contributed by atoms with Gasteiger partial charge in [0.1, 0.15) is 29.2 Å². The predicted octanol–water partition coefficient (Wildman–Crippen LogP) is 1.86. The number of aromatic nitrogens is 2. The van der Waals surface area contributed by atoms with Gasteiger partial charge in [-0.2, -0.15) is 10.4 Å². The second-order valence-electron chi connectivity index (χ2n) is 8.03. The zero-order valence-corrected chi connectivity index (χ0v) is 18.5. The molecule has 0 bridgehead atoms. The molecule has 0 spiro atoms. The fourth-order valence-corrected chi connectivity index (χ4v) is 4.02. The largest absolute Gasteiger partial charge is 0.322 e. The van der Waals surface area contributed by atoms with E-state index in [9.17, 15) is 27.2 Å². The first-order valence-electron chi connectivity index (χ1n) is 10.7. The Balaban J connectivity index is 1.52. The lowest BCUT2D eigenvalue weighted by Crippen LogP contribution is -2.40. The molecular weight excluding hydrogens is 474 g/mol. The molecule has 3 heterocycles. The van der Waals surface area contributed by atoms with Crippen LogP contribution in [-0.2, 0) is 24.3 Å². The highest BCUT2D eigenvalue weighted by atomic mass is 19.3. The highest BCUT2D eigenvalue weighted by Crippen LogP contribution is 2.27. The molecule has 0 saturated carbocycles. The van der Waals surface area contributed by atoms with Crippen molar-refractivity contribution in [2.45, 2.75) is 32.0 Å². The summed E-state index contributed by atoms with van der Waals surface area (Å²) in [6.07, 6.45) is -2.86. The number of hydrogen-bond donors (Lipinski definition) is 2. The Morgan fingerprint density at radius 3 is 2.86 bits per heavy atom. The van der Waals surface area contributed by atoms with Crippen LogP contribution in [0.3, 0.4) is 0 Å². The number of hydrogen-bond acceptors (Lipinski definition) is 6. The fraction of sp³-hybridized carbons (Fsp3) is 0.429. The smallest absolute Gasteiger partial charge is 0.320 e. The SMILES string of the molecule is CN1O[C@@H](CNCC(F)F)Cn2nc3c(c2C1=O)CN(C(=O)Nc1ccc(F)c(C#N)c1F)CC3. The molecule has 186 valence electrons. The minimum absolute atomic E-state index is 0.0156. The Kier molecular flexibility index (Phi) is 6.90. The number of fused-ring (bicyclic) bond motifs is 3. The molecule has 10 nitrogen and oxygen atoms in total. The topological polar surface area (TPSA) is 116 Å². The Hall–Kier alpha value is -3.70. The van der Waals surface area contributed by atoms with E-state index in [1.165, 1.54) is 22.7 Å². The summed E-state index contributed by atoms with van der Waals surface area (Å²) in [5, 5.41) is 19.3. The number of anilines is 1. The summed E-state index contributed by atoms with van der Waals surface area (Å²) in [4.78, 5) is 32.7. The highest BCUT2D eigenvalue weighted by Gasteiger charge is 2.35. The molecule has 2 aromatic rings. The lowest BCUT2D eigenvalue weighted by Gasteiger charge is -2.27. The van der Waals surface area contributed by atoms with Crippen LogP contribution in [-0.4, -0.2) is 70.9 Å². The van der Waals surface area contributed by atoms with Gasteiger partial charge in [-0.3, -0.25) is 14.3 Å². The first kappa shape index (κ1) is 24.4. The number of amides is 3. The van der Waals surface area contributed by atoms with E-state index in [-0.39, 0.29) is 37.6 Å². The number of nitrogens with one attached hydrogen (secondary N) is 2. The Labute approximate surface area is 197 Å². The third-order valence-electron chi connectivity index (χ3n) is 5.68. The van der Waals surface area contributed by atoms with Crippen molar-refractivity contribution in [3.63, 3.8) is 0 Å². The van der Waals surface area contributed by atoms with Gasteiger partial charge in [-0.1, -0.05) is 0 Å². The summed E-state index contributed by atoms with van der Waals surface area (Å²) in [6.45, 7) is -0.136. The summed E-state index contributed by atoms with van der Waals surface area (Å²) < 4.78 is 54.3. The number of carbonyl (C=O) groups excluding carboxylic acids is 2. The van der Waals surface area contributed by atoms with Crippen molar-refractivity contribution in [3.05, 3.63) is 46.3 Å². The summed E-state index contributed by atoms with van der Waals surface area (Å²) in [5.74, 6) is -2.74. The van der Waals surface area contributed by atoms with Gasteiger partial charge < -0.3 is 15.5 Å². The zero-order chi connectivity index (χ0) is 25.3. The molecule has 14 heteroatoms. The molecule has 1 aromatic carbocycles. The third kappa shape index (κ3) is 4.91. The van der Waals surface area contributed by atoms with Crippen molar-refractivity contribution >= 4 is 17.6 Å². The molecule has 1 atom stereocenters. The van der Waals surface area contributed by atoms with Gasteiger partial charge in [-0.05, 0) is 12.1 Å². The van der Waals surface area contributed by atoms with Crippen LogP contribution >= 0.6 is 0 Å². The number of nitriles is 1. The van der Waals surface area contributed by atoms with E-state index in [1.807, 2.05) is 0 Å². The molecule has 4 rings (SSSR count). The summed E-state index contributed by atoms with van der Waals surface area (Å²) in [5.41, 5.74) is 0.140. The van der Waals surface area contributed by atoms with Crippen LogP contribution in [0.1, 0.15) is 27.3 Å². The van der Waals surface area contributed by atoms with E-state index >= 15 is 0 Å². The van der Waals surface area contributed by atoms with E-state index in [0.29, 0.717) is 17.7 Å². The Morgan fingerprint density at radius 1 is 1.37 bits per heavy atom. The number of nitrogens with zero attached hydrogens (tertiary/aromatic N) is 5. The fourth-order valence-electron chi connectivity index (χ4n) is 4.02. The van der Waals surface area contributed by atoms with Crippen LogP contribution in [0.2, 0.25) is 0 Å². The maximum Gasteiger partial charge on any atom is 0.322 e. The second-order valence-corrected chi connectivity index (χ2v) is 8.03. The number of benzene rings is 1. The molecule has 0 radical (unpaired) electrons. The molecule has 2 aliphatic rings. The van der Waals surface area contributed by atoms with E-state index in [2.05, 4.69) is 15.7 Å². The summed E-state index contributed by atoms with van der Waals surface area (Å²) >= 11 is 0. The summed E-state index contributed by atoms with van der Waals surface area (Å²) in [6, 6.07) is 2.61. The standard InChI is InChI=1S/C21H21F4N7O3/c1-30-20(33)19-13-10-31(21(34)28-16-3-2-14(22)12(6-26)18(16)25)5-4-15(13)29-32(19)9-11(35-30)7-27-8-17(23)24/h2-3,11,17,27H,4-5,7-10H2,1H3,(H,28,34)/t11-/m0/s1. The minimum atomic E-state index is -2.53. The van der Waals surface area contributed by atoms with Gasteiger partial charge >= 0.3 is 6.03 Å². The van der Waals surface area contributed by atoms with E-state index in [1.54, 1.807) is 0 Å². The predicted molar refractivity (Wildman–Crippen MR) is 112 cm³/mol. The molecular formula is C21H21F4N7O3. The van der Waals surface area contributed by atoms with Crippen LogP contribution in [0.15, 0.2) is 12.1 Å². The molecule has 3 amide bonds. The molecule has 0 unspecified atom stereocenters. The normalized spacial score (nSPS) is 17.6. The van der Waals surface area contributed by atoms with Gasteiger partial charge in [0.2, 0.25) is 0 Å². The van der Waals surface area contributed by atoms with Crippen molar-refractivity contribution in [2.24, 2.45) is 0 Å². The van der Waals surface area contributed by atoms with E-state index < -0.39 is 48.2 Å². The zero-order valence-electron chi connectivity index (χ0n) is 18.5. The Morgan fingerprint density at radius 2 is 2.14 bits per heavy atom. The molecule has 2 aliphatic heterocycles. The highest BCUT2D eigenvalue weighted by molar-refractivity contribution is 5.94. The maximum absolute atomic E-state index is 14.4. The van der Waals surface area contributed by atoms with Crippen LogP contribution in [0, 0.1) is 23.0 Å². The van der Waals surface area contributed by atoms with Gasteiger partial charge in [0.05, 0.1) is 31.0 Å². The maximum atomic E-state index is 14.4. The summed E-state index contributed by atoms with van der Waals surface area (Å²) in [7, 11) is 1.40. The number of alkyl halides is 2. The van der Waals surface area contributed by atoms with Crippen molar-refractivity contribution < 1.29 is 32.0 Å². The molecule has 1 aromatic heterocycles. The third-order valence-corrected chi connectivity index (χ3v) is 5.68. The molecule has 35 heavy (non-hydrogen) atoms. The average Bonchev–Trinajstić information content (AvgIpc) is 3.11. The number of halogens is 4. The number of hydroxylamine groups is 2. The lowest BCUT2D eigenvalue weighted by atomic mass is 10.1. The average molecular weight is 495 g/mol. The lowest BCUT2D eigenvalue weighted by molar-refractivity contribution is -0.146. The van der Waals surface area contributed by atoms with Gasteiger partial charge in [0, 0.05) is 32.1 Å². The van der Waals surface area contributed by atoms with Gasteiger partial charge in [0.25, 0.3) is 12.3 Å². The Bertz CT molecular complexity index is 1200. The van der Waals surface area contributed by atoms with E-state index in [0.717, 1.165) is 17.2 Å². The molecule has 0 aliphatic carbocycles. The molecule has 0 fully saturated rings. The first-order chi connectivity index (χ1) is 16.7. The minimum Gasteiger partial charge on any atom is -0.320 e. The van der Waals surface area contributed by atoms with Gasteiger partial charge in [0.15, 0.2) is 5.82 Å². The second kappa shape index (κ2) is 9.88. The molecule has 0 saturated heterocycles. The number of carbonyl (C=O) groups is 2. The van der Waals surface area contributed by atoms with Crippen LogP contribution in [0.4, 0.5) is 28.0 Å². The monoisotopic (exact) mass is 495 g/mol. The van der Waals surface area contributed by atoms with Crippen molar-refractivity contribution in [3.8, 4) is 6.07 Å². The van der Waals surface area contributed by atoms with Crippen LogP contribution < -0.4 is 10.6 Å². The van der Waals surface area contributed by atoms with Crippen molar-refractivity contribution in [1.82, 2.24) is 25.1 Å². The molecule has 2 N–H and O–H groups in total. The van der Waals surface area contributed by atoms with E-state index in [4.69, 9.17) is 10.1 Å². The van der Waals surface area contributed by atoms with Gasteiger partial charge in [-0.15, -0.1) is 0 Å². The quantitative estimate of drug-likeness (QED) is 0.612. The van der Waals surface area contributed by atoms with Crippen molar-refractivity contribution in [1.29, 1.82) is 5.26 Å². The van der Waals surface area contributed by atoms with Crippen LogP contribution in [0.5, 0.6) is 0 Å². The first-order valence-corrected chi connectivity index (χ1v) is 10.7.